The monoisotopic (exact) mass is 389 g/mol. The fraction of sp³-hybridized carbons (Fsp3) is 0.263. The van der Waals surface area contributed by atoms with Gasteiger partial charge in [-0.25, -0.2) is 9.67 Å². The molecule has 1 aromatic heterocycles. The average Bonchev–Trinajstić information content (AvgIpc) is 3.18. The molecule has 26 heavy (non-hydrogen) atoms. The van der Waals surface area contributed by atoms with Crippen molar-refractivity contribution >= 4 is 23.2 Å². The van der Waals surface area contributed by atoms with Gasteiger partial charge in [-0.3, -0.25) is 0 Å². The molecule has 2 aromatic carbocycles. The first-order chi connectivity index (χ1) is 12.7. The van der Waals surface area contributed by atoms with Crippen LogP contribution in [0.1, 0.15) is 30.6 Å². The lowest BCUT2D eigenvalue weighted by Gasteiger charge is -2.32. The van der Waals surface area contributed by atoms with Crippen molar-refractivity contribution in [2.45, 2.75) is 25.0 Å². The summed E-state index contributed by atoms with van der Waals surface area (Å²) in [6.07, 6.45) is 5.04. The van der Waals surface area contributed by atoms with E-state index in [9.17, 15) is 0 Å². The SMILES string of the molecule is Clc1ccc(Oc2ccc(C3OCCCC3n3cncn3)c(Cl)c2)cc1. The van der Waals surface area contributed by atoms with Gasteiger partial charge in [-0.05, 0) is 49.2 Å². The zero-order valence-corrected chi connectivity index (χ0v) is 15.4. The Labute approximate surface area is 161 Å². The van der Waals surface area contributed by atoms with Crippen LogP contribution in [0.25, 0.3) is 0 Å². The summed E-state index contributed by atoms with van der Waals surface area (Å²) in [4.78, 5) is 4.05. The molecule has 0 amide bonds. The maximum atomic E-state index is 6.55. The molecule has 1 aliphatic heterocycles. The van der Waals surface area contributed by atoms with Crippen LogP contribution in [0, 0.1) is 0 Å². The summed E-state index contributed by atoms with van der Waals surface area (Å²) in [6.45, 7) is 0.704. The Morgan fingerprint density at radius 2 is 1.88 bits per heavy atom. The largest absolute Gasteiger partial charge is 0.457 e. The van der Waals surface area contributed by atoms with Crippen molar-refractivity contribution in [3.05, 3.63) is 70.7 Å². The van der Waals surface area contributed by atoms with Crippen LogP contribution in [-0.4, -0.2) is 21.4 Å². The minimum absolute atomic E-state index is 0.0757. The van der Waals surface area contributed by atoms with Gasteiger partial charge in [0, 0.05) is 17.2 Å². The molecule has 0 radical (unpaired) electrons. The van der Waals surface area contributed by atoms with Crippen molar-refractivity contribution in [2.24, 2.45) is 0 Å². The number of halogens is 2. The third-order valence-corrected chi connectivity index (χ3v) is 4.97. The number of nitrogens with zero attached hydrogens (tertiary/aromatic N) is 3. The highest BCUT2D eigenvalue weighted by atomic mass is 35.5. The standard InChI is InChI=1S/C19H17Cl2N3O2/c20-13-3-5-14(6-4-13)26-15-7-8-16(17(21)10-15)19-18(2-1-9-25-19)24-12-22-11-23-24/h3-8,10-12,18-19H,1-2,9H2. The van der Waals surface area contributed by atoms with Crippen LogP contribution in [0.2, 0.25) is 10.0 Å². The van der Waals surface area contributed by atoms with E-state index < -0.39 is 0 Å². The Hall–Kier alpha value is -2.08. The van der Waals surface area contributed by atoms with Crippen LogP contribution >= 0.6 is 23.2 Å². The Bertz CT molecular complexity index is 869. The van der Waals surface area contributed by atoms with E-state index >= 15 is 0 Å². The maximum absolute atomic E-state index is 6.55. The zero-order valence-electron chi connectivity index (χ0n) is 13.9. The quantitative estimate of drug-likeness (QED) is 0.593. The first-order valence-corrected chi connectivity index (χ1v) is 9.15. The number of rotatable bonds is 4. The van der Waals surface area contributed by atoms with Gasteiger partial charge in [0.1, 0.15) is 30.3 Å². The summed E-state index contributed by atoms with van der Waals surface area (Å²) in [5.41, 5.74) is 0.926. The molecule has 0 spiro atoms. The molecule has 2 unspecified atom stereocenters. The molecule has 2 atom stereocenters. The highest BCUT2D eigenvalue weighted by molar-refractivity contribution is 6.31. The average molecular weight is 390 g/mol. The van der Waals surface area contributed by atoms with Gasteiger partial charge in [0.2, 0.25) is 0 Å². The Kier molecular flexibility index (Phi) is 5.11. The first-order valence-electron chi connectivity index (χ1n) is 8.39. The van der Waals surface area contributed by atoms with Crippen LogP contribution in [0.3, 0.4) is 0 Å². The second-order valence-corrected chi connectivity index (χ2v) is 6.96. The third-order valence-electron chi connectivity index (χ3n) is 4.40. The molecular formula is C19H17Cl2N3O2. The lowest BCUT2D eigenvalue weighted by Crippen LogP contribution is -2.26. The molecule has 0 N–H and O–H groups in total. The van der Waals surface area contributed by atoms with Gasteiger partial charge in [0.25, 0.3) is 0 Å². The number of aromatic nitrogens is 3. The van der Waals surface area contributed by atoms with Crippen molar-refractivity contribution in [3.8, 4) is 11.5 Å². The van der Waals surface area contributed by atoms with Crippen molar-refractivity contribution in [1.82, 2.24) is 14.8 Å². The van der Waals surface area contributed by atoms with Gasteiger partial charge < -0.3 is 9.47 Å². The number of hydrogen-bond donors (Lipinski definition) is 0. The van der Waals surface area contributed by atoms with E-state index in [0.717, 1.165) is 18.4 Å². The zero-order chi connectivity index (χ0) is 17.9. The lowest BCUT2D eigenvalue weighted by atomic mass is 9.96. The molecule has 1 fully saturated rings. The molecule has 1 aliphatic rings. The van der Waals surface area contributed by atoms with E-state index in [1.165, 1.54) is 6.33 Å². The van der Waals surface area contributed by atoms with Crippen LogP contribution in [-0.2, 0) is 4.74 Å². The third kappa shape index (κ3) is 3.70. The minimum Gasteiger partial charge on any atom is -0.457 e. The van der Waals surface area contributed by atoms with Crippen molar-refractivity contribution in [3.63, 3.8) is 0 Å². The van der Waals surface area contributed by atoms with E-state index in [1.807, 2.05) is 35.0 Å². The van der Waals surface area contributed by atoms with Gasteiger partial charge in [0.05, 0.1) is 11.1 Å². The predicted octanol–water partition coefficient (Wildman–Crippen LogP) is 5.47. The molecule has 0 bridgehead atoms. The number of hydrogen-bond acceptors (Lipinski definition) is 4. The van der Waals surface area contributed by atoms with Gasteiger partial charge in [-0.1, -0.05) is 29.3 Å². The minimum atomic E-state index is -0.164. The maximum Gasteiger partial charge on any atom is 0.137 e. The normalized spacial score (nSPS) is 20.1. The summed E-state index contributed by atoms with van der Waals surface area (Å²) in [7, 11) is 0. The van der Waals surface area contributed by atoms with Crippen molar-refractivity contribution in [1.29, 1.82) is 0 Å². The second-order valence-electron chi connectivity index (χ2n) is 6.12. The van der Waals surface area contributed by atoms with E-state index in [4.69, 9.17) is 32.7 Å². The van der Waals surface area contributed by atoms with Gasteiger partial charge >= 0.3 is 0 Å². The number of benzene rings is 2. The summed E-state index contributed by atoms with van der Waals surface area (Å²) >= 11 is 12.5. The summed E-state index contributed by atoms with van der Waals surface area (Å²) in [5, 5.41) is 5.54. The Morgan fingerprint density at radius 3 is 2.62 bits per heavy atom. The summed E-state index contributed by atoms with van der Waals surface area (Å²) in [6, 6.07) is 12.9. The van der Waals surface area contributed by atoms with E-state index in [1.54, 1.807) is 18.5 Å². The molecular weight excluding hydrogens is 373 g/mol. The lowest BCUT2D eigenvalue weighted by molar-refractivity contribution is -0.0265. The predicted molar refractivity (Wildman–Crippen MR) is 100.0 cm³/mol. The van der Waals surface area contributed by atoms with E-state index in [-0.39, 0.29) is 12.1 Å². The van der Waals surface area contributed by atoms with Crippen LogP contribution in [0.4, 0.5) is 0 Å². The molecule has 4 rings (SSSR count). The molecule has 3 aromatic rings. The number of ether oxygens (including phenoxy) is 2. The van der Waals surface area contributed by atoms with Crippen molar-refractivity contribution < 1.29 is 9.47 Å². The fourth-order valence-corrected chi connectivity index (χ4v) is 3.57. The first kappa shape index (κ1) is 17.3. The molecule has 0 saturated carbocycles. The topological polar surface area (TPSA) is 49.2 Å². The molecule has 7 heteroatoms. The Balaban J connectivity index is 1.57. The molecule has 1 saturated heterocycles. The second kappa shape index (κ2) is 7.66. The molecule has 0 aliphatic carbocycles. The highest BCUT2D eigenvalue weighted by Gasteiger charge is 2.31. The summed E-state index contributed by atoms with van der Waals surface area (Å²) in [5.74, 6) is 1.36. The van der Waals surface area contributed by atoms with Gasteiger partial charge in [-0.15, -0.1) is 0 Å². The van der Waals surface area contributed by atoms with Crippen LogP contribution in [0.5, 0.6) is 11.5 Å². The smallest absolute Gasteiger partial charge is 0.137 e. The Morgan fingerprint density at radius 1 is 1.08 bits per heavy atom. The highest BCUT2D eigenvalue weighted by Crippen LogP contribution is 2.41. The van der Waals surface area contributed by atoms with Crippen molar-refractivity contribution in [2.75, 3.05) is 6.61 Å². The van der Waals surface area contributed by atoms with E-state index in [0.29, 0.717) is 28.2 Å². The molecule has 134 valence electrons. The van der Waals surface area contributed by atoms with Crippen LogP contribution < -0.4 is 4.74 Å². The van der Waals surface area contributed by atoms with Gasteiger partial charge in [0.15, 0.2) is 0 Å². The van der Waals surface area contributed by atoms with Gasteiger partial charge in [-0.2, -0.15) is 5.10 Å². The molecule has 5 nitrogen and oxygen atoms in total. The van der Waals surface area contributed by atoms with Crippen LogP contribution in [0.15, 0.2) is 55.1 Å². The summed E-state index contributed by atoms with van der Waals surface area (Å²) < 4.78 is 13.7. The van der Waals surface area contributed by atoms with E-state index in [2.05, 4.69) is 10.1 Å². The molecule has 2 heterocycles. The fourth-order valence-electron chi connectivity index (χ4n) is 3.16.